The maximum atomic E-state index is 11.0. The molecule has 1 aliphatic heterocycles. The lowest BCUT2D eigenvalue weighted by molar-refractivity contribution is -0.135. The number of pyridine rings is 1. The molecule has 2 heterocycles. The molecule has 0 spiro atoms. The van der Waals surface area contributed by atoms with Crippen molar-refractivity contribution in [3.05, 3.63) is 24.4 Å². The van der Waals surface area contributed by atoms with Crippen LogP contribution >= 0.6 is 0 Å². The molecule has 0 aliphatic carbocycles. The molecule has 0 amide bonds. The average Bonchev–Trinajstić information content (AvgIpc) is 2.50. The van der Waals surface area contributed by atoms with Crippen molar-refractivity contribution in [2.24, 2.45) is 0 Å². The SMILES string of the molecule is CCN(CC(=O)O)c1nccc2cc3c(cc12)OCCO3. The summed E-state index contributed by atoms with van der Waals surface area (Å²) in [4.78, 5) is 17.1. The number of hydrogen-bond donors (Lipinski definition) is 1. The molecule has 110 valence electrons. The third-order valence-electron chi connectivity index (χ3n) is 3.41. The largest absolute Gasteiger partial charge is 0.486 e. The molecule has 1 aliphatic rings. The van der Waals surface area contributed by atoms with Crippen LogP contribution in [0.5, 0.6) is 11.5 Å². The topological polar surface area (TPSA) is 71.9 Å². The highest BCUT2D eigenvalue weighted by Gasteiger charge is 2.18. The number of anilines is 1. The van der Waals surface area contributed by atoms with E-state index in [-0.39, 0.29) is 6.54 Å². The van der Waals surface area contributed by atoms with Crippen molar-refractivity contribution < 1.29 is 19.4 Å². The molecular weight excluding hydrogens is 272 g/mol. The molecule has 0 saturated heterocycles. The number of carboxylic acids is 1. The second-order valence-corrected chi connectivity index (χ2v) is 4.76. The molecule has 0 unspecified atom stereocenters. The Morgan fingerprint density at radius 2 is 2.05 bits per heavy atom. The molecule has 0 bridgehead atoms. The van der Waals surface area contributed by atoms with Crippen molar-refractivity contribution in [1.82, 2.24) is 4.98 Å². The Morgan fingerprint density at radius 3 is 2.71 bits per heavy atom. The molecular formula is C15H16N2O4. The first-order valence-corrected chi connectivity index (χ1v) is 6.84. The van der Waals surface area contributed by atoms with Crippen molar-refractivity contribution >= 4 is 22.6 Å². The fourth-order valence-corrected chi connectivity index (χ4v) is 2.45. The van der Waals surface area contributed by atoms with Gasteiger partial charge in [-0.05, 0) is 30.5 Å². The van der Waals surface area contributed by atoms with E-state index in [9.17, 15) is 4.79 Å². The quantitative estimate of drug-likeness (QED) is 0.926. The van der Waals surface area contributed by atoms with Gasteiger partial charge in [0.1, 0.15) is 25.6 Å². The number of aliphatic carboxylic acids is 1. The smallest absolute Gasteiger partial charge is 0.323 e. The third kappa shape index (κ3) is 2.56. The molecule has 2 aromatic rings. The van der Waals surface area contributed by atoms with Crippen LogP contribution in [-0.2, 0) is 4.79 Å². The fourth-order valence-electron chi connectivity index (χ4n) is 2.45. The number of carboxylic acid groups (broad SMARTS) is 1. The monoisotopic (exact) mass is 288 g/mol. The summed E-state index contributed by atoms with van der Waals surface area (Å²) in [6.07, 6.45) is 1.68. The van der Waals surface area contributed by atoms with Crippen LogP contribution in [-0.4, -0.2) is 42.4 Å². The number of ether oxygens (including phenoxy) is 2. The minimum Gasteiger partial charge on any atom is -0.486 e. The maximum Gasteiger partial charge on any atom is 0.323 e. The second kappa shape index (κ2) is 5.47. The minimum absolute atomic E-state index is 0.0863. The number of carbonyl (C=O) groups is 1. The first-order chi connectivity index (χ1) is 10.2. The Hall–Kier alpha value is -2.50. The van der Waals surface area contributed by atoms with Gasteiger partial charge in [-0.2, -0.15) is 0 Å². The molecule has 0 atom stereocenters. The summed E-state index contributed by atoms with van der Waals surface area (Å²) in [5, 5.41) is 10.8. The number of aromatic nitrogens is 1. The van der Waals surface area contributed by atoms with Crippen LogP contribution in [0.2, 0.25) is 0 Å². The molecule has 1 aromatic heterocycles. The highest BCUT2D eigenvalue weighted by Crippen LogP contribution is 2.37. The van der Waals surface area contributed by atoms with Crippen molar-refractivity contribution in [3.63, 3.8) is 0 Å². The molecule has 0 radical (unpaired) electrons. The maximum absolute atomic E-state index is 11.0. The van der Waals surface area contributed by atoms with E-state index in [1.807, 2.05) is 25.1 Å². The van der Waals surface area contributed by atoms with Crippen molar-refractivity contribution in [2.75, 3.05) is 31.2 Å². The van der Waals surface area contributed by atoms with Crippen LogP contribution in [0.3, 0.4) is 0 Å². The zero-order valence-corrected chi connectivity index (χ0v) is 11.7. The summed E-state index contributed by atoms with van der Waals surface area (Å²) in [6.45, 7) is 3.43. The van der Waals surface area contributed by atoms with Crippen LogP contribution in [0.15, 0.2) is 24.4 Å². The third-order valence-corrected chi connectivity index (χ3v) is 3.41. The van der Waals surface area contributed by atoms with Crippen molar-refractivity contribution in [1.29, 1.82) is 0 Å². The Kier molecular flexibility index (Phi) is 3.51. The molecule has 1 N–H and O–H groups in total. The van der Waals surface area contributed by atoms with Crippen LogP contribution in [0.25, 0.3) is 10.8 Å². The lowest BCUT2D eigenvalue weighted by Crippen LogP contribution is -2.30. The van der Waals surface area contributed by atoms with Gasteiger partial charge in [0.25, 0.3) is 0 Å². The van der Waals surface area contributed by atoms with Crippen molar-refractivity contribution in [2.45, 2.75) is 6.92 Å². The number of rotatable bonds is 4. The summed E-state index contributed by atoms with van der Waals surface area (Å²) in [5.74, 6) is 1.16. The minimum atomic E-state index is -0.881. The molecule has 0 saturated carbocycles. The highest BCUT2D eigenvalue weighted by molar-refractivity contribution is 5.95. The number of likely N-dealkylation sites (N-methyl/N-ethyl adjacent to an activating group) is 1. The standard InChI is InChI=1S/C15H16N2O4/c1-2-17(9-14(18)19)15-11-8-13-12(20-5-6-21-13)7-10(11)3-4-16-15/h3-4,7-8H,2,5-6,9H2,1H3,(H,18,19). The zero-order chi connectivity index (χ0) is 14.8. The van der Waals surface area contributed by atoms with E-state index in [0.717, 1.165) is 10.8 Å². The molecule has 6 heteroatoms. The van der Waals surface area contributed by atoms with Crippen LogP contribution in [0.4, 0.5) is 5.82 Å². The number of fused-ring (bicyclic) bond motifs is 2. The van der Waals surface area contributed by atoms with Gasteiger partial charge in [-0.15, -0.1) is 0 Å². The number of hydrogen-bond acceptors (Lipinski definition) is 5. The van der Waals surface area contributed by atoms with E-state index in [2.05, 4.69) is 4.98 Å². The van der Waals surface area contributed by atoms with Crippen LogP contribution in [0.1, 0.15) is 6.92 Å². The van der Waals surface area contributed by atoms with E-state index in [1.165, 1.54) is 0 Å². The molecule has 1 aromatic carbocycles. The predicted octanol–water partition coefficient (Wildman–Crippen LogP) is 1.92. The second-order valence-electron chi connectivity index (χ2n) is 4.76. The lowest BCUT2D eigenvalue weighted by Gasteiger charge is -2.23. The van der Waals surface area contributed by atoms with Gasteiger partial charge < -0.3 is 19.5 Å². The number of benzene rings is 1. The Balaban J connectivity index is 2.12. The van der Waals surface area contributed by atoms with Crippen LogP contribution in [0, 0.1) is 0 Å². The summed E-state index contributed by atoms with van der Waals surface area (Å²) < 4.78 is 11.2. The summed E-state index contributed by atoms with van der Waals surface area (Å²) in [7, 11) is 0. The number of nitrogens with zero attached hydrogens (tertiary/aromatic N) is 2. The first-order valence-electron chi connectivity index (χ1n) is 6.84. The normalized spacial score (nSPS) is 13.2. The molecule has 6 nitrogen and oxygen atoms in total. The van der Waals surface area contributed by atoms with Gasteiger partial charge in [0, 0.05) is 18.1 Å². The van der Waals surface area contributed by atoms with Gasteiger partial charge in [-0.25, -0.2) is 4.98 Å². The summed E-state index contributed by atoms with van der Waals surface area (Å²) in [5.41, 5.74) is 0. The molecule has 21 heavy (non-hydrogen) atoms. The van der Waals surface area contributed by atoms with Gasteiger partial charge in [-0.1, -0.05) is 0 Å². The van der Waals surface area contributed by atoms with Crippen LogP contribution < -0.4 is 14.4 Å². The van der Waals surface area contributed by atoms with E-state index < -0.39 is 5.97 Å². The van der Waals surface area contributed by atoms with E-state index in [1.54, 1.807) is 11.1 Å². The van der Waals surface area contributed by atoms with E-state index in [4.69, 9.17) is 14.6 Å². The van der Waals surface area contributed by atoms with Gasteiger partial charge in [0.2, 0.25) is 0 Å². The van der Waals surface area contributed by atoms with E-state index >= 15 is 0 Å². The Labute approximate surface area is 121 Å². The van der Waals surface area contributed by atoms with Gasteiger partial charge in [0.15, 0.2) is 11.5 Å². The highest BCUT2D eigenvalue weighted by atomic mass is 16.6. The first kappa shape index (κ1) is 13.5. The zero-order valence-electron chi connectivity index (χ0n) is 11.7. The summed E-state index contributed by atoms with van der Waals surface area (Å²) >= 11 is 0. The predicted molar refractivity (Wildman–Crippen MR) is 78.3 cm³/mol. The average molecular weight is 288 g/mol. The van der Waals surface area contributed by atoms with Gasteiger partial charge in [0.05, 0.1) is 0 Å². The van der Waals surface area contributed by atoms with Gasteiger partial charge >= 0.3 is 5.97 Å². The Bertz CT molecular complexity index is 687. The van der Waals surface area contributed by atoms with E-state index in [0.29, 0.717) is 37.1 Å². The fraction of sp³-hybridized carbons (Fsp3) is 0.333. The van der Waals surface area contributed by atoms with Gasteiger partial charge in [-0.3, -0.25) is 4.79 Å². The molecule has 0 fully saturated rings. The molecule has 3 rings (SSSR count). The van der Waals surface area contributed by atoms with Crippen molar-refractivity contribution in [3.8, 4) is 11.5 Å². The Morgan fingerprint density at radius 1 is 1.33 bits per heavy atom. The summed E-state index contributed by atoms with van der Waals surface area (Å²) in [6, 6.07) is 5.66. The lowest BCUT2D eigenvalue weighted by atomic mass is 10.1.